The molecule has 1 aromatic rings. The Morgan fingerprint density at radius 3 is 2.42 bits per heavy atom. The maximum absolute atomic E-state index is 4.04. The van der Waals surface area contributed by atoms with Gasteiger partial charge in [0.25, 0.3) is 0 Å². The number of amidine groups is 1. The monoisotopic (exact) mass is 166 g/mol. The van der Waals surface area contributed by atoms with E-state index in [4.69, 9.17) is 0 Å². The summed E-state index contributed by atoms with van der Waals surface area (Å²) in [6.07, 6.45) is 3.53. The number of imidazole rings is 1. The van der Waals surface area contributed by atoms with E-state index in [2.05, 4.69) is 20.3 Å². The van der Waals surface area contributed by atoms with Gasteiger partial charge in [-0.1, -0.05) is 0 Å². The average molecular weight is 166 g/mol. The molecular weight excluding hydrogens is 152 g/mol. The highest BCUT2D eigenvalue weighted by molar-refractivity contribution is 5.80. The van der Waals surface area contributed by atoms with E-state index >= 15 is 0 Å². The van der Waals surface area contributed by atoms with Crippen molar-refractivity contribution in [2.24, 2.45) is 4.99 Å². The molecule has 0 saturated carbocycles. The van der Waals surface area contributed by atoms with Crippen LogP contribution in [0, 0.1) is 6.92 Å². The summed E-state index contributed by atoms with van der Waals surface area (Å²) in [6, 6.07) is 0. The van der Waals surface area contributed by atoms with Crippen LogP contribution in [0.25, 0.3) is 0 Å². The summed E-state index contributed by atoms with van der Waals surface area (Å²) in [5.41, 5.74) is 0. The molecule has 1 aliphatic heterocycles. The molecule has 2 rings (SSSR count). The van der Waals surface area contributed by atoms with E-state index in [0.717, 1.165) is 24.7 Å². The van der Waals surface area contributed by atoms with Gasteiger partial charge in [-0.3, -0.25) is 4.99 Å². The summed E-state index contributed by atoms with van der Waals surface area (Å²) in [5.74, 6) is 2.05. The van der Waals surface area contributed by atoms with Crippen LogP contribution in [0.4, 0.5) is 0 Å². The maximum Gasteiger partial charge on any atom is 0.102 e. The maximum atomic E-state index is 4.04. The molecule has 0 unspecified atom stereocenters. The predicted molar refractivity (Wildman–Crippen MR) is 49.3 cm³/mol. The Morgan fingerprint density at radius 1 is 1.42 bits per heavy atom. The summed E-state index contributed by atoms with van der Waals surface area (Å²) >= 11 is 0. The highest BCUT2D eigenvalue weighted by atomic mass is 15.0. The van der Waals surface area contributed by atoms with Gasteiger partial charge >= 0.3 is 0 Å². The SMILES string of the molecule is CC1=NCCN1.Cc1ncc[nH]1. The second-order valence-electron chi connectivity index (χ2n) is 2.57. The van der Waals surface area contributed by atoms with Crippen molar-refractivity contribution < 1.29 is 0 Å². The fourth-order valence-electron chi connectivity index (χ4n) is 0.861. The minimum atomic E-state index is 0.964. The lowest BCUT2D eigenvalue weighted by Gasteiger charge is -1.85. The molecule has 4 nitrogen and oxygen atoms in total. The number of aromatic amines is 1. The smallest absolute Gasteiger partial charge is 0.102 e. The number of H-pyrrole nitrogens is 1. The van der Waals surface area contributed by atoms with Crippen molar-refractivity contribution in [3.63, 3.8) is 0 Å². The first-order chi connectivity index (χ1) is 5.79. The van der Waals surface area contributed by atoms with Gasteiger partial charge in [0.1, 0.15) is 5.82 Å². The van der Waals surface area contributed by atoms with Crippen LogP contribution in [0.2, 0.25) is 0 Å². The van der Waals surface area contributed by atoms with Crippen LogP contribution in [-0.4, -0.2) is 28.9 Å². The fourth-order valence-corrected chi connectivity index (χ4v) is 0.861. The lowest BCUT2D eigenvalue weighted by atomic mass is 10.7. The summed E-state index contributed by atoms with van der Waals surface area (Å²) in [7, 11) is 0. The van der Waals surface area contributed by atoms with E-state index in [1.54, 1.807) is 12.4 Å². The van der Waals surface area contributed by atoms with Crippen LogP contribution < -0.4 is 5.32 Å². The van der Waals surface area contributed by atoms with Crippen molar-refractivity contribution in [2.45, 2.75) is 13.8 Å². The van der Waals surface area contributed by atoms with Gasteiger partial charge in [-0.2, -0.15) is 0 Å². The van der Waals surface area contributed by atoms with Crippen LogP contribution in [0.15, 0.2) is 17.4 Å². The minimum Gasteiger partial charge on any atom is -0.372 e. The number of nitrogens with one attached hydrogen (secondary N) is 2. The molecular formula is C8H14N4. The van der Waals surface area contributed by atoms with E-state index in [9.17, 15) is 0 Å². The summed E-state index contributed by atoms with van der Waals surface area (Å²) in [6.45, 7) is 5.89. The topological polar surface area (TPSA) is 53.1 Å². The Kier molecular flexibility index (Phi) is 3.32. The molecule has 2 N–H and O–H groups in total. The van der Waals surface area contributed by atoms with E-state index in [-0.39, 0.29) is 0 Å². The Balaban J connectivity index is 0.000000120. The second-order valence-corrected chi connectivity index (χ2v) is 2.57. The van der Waals surface area contributed by atoms with Crippen LogP contribution in [-0.2, 0) is 0 Å². The number of aromatic nitrogens is 2. The van der Waals surface area contributed by atoms with Crippen molar-refractivity contribution in [1.82, 2.24) is 15.3 Å². The highest BCUT2D eigenvalue weighted by Crippen LogP contribution is 1.79. The molecule has 0 amide bonds. The largest absolute Gasteiger partial charge is 0.372 e. The van der Waals surface area contributed by atoms with Gasteiger partial charge in [-0.15, -0.1) is 0 Å². The Hall–Kier alpha value is -1.32. The minimum absolute atomic E-state index is 0.964. The van der Waals surface area contributed by atoms with Gasteiger partial charge < -0.3 is 10.3 Å². The van der Waals surface area contributed by atoms with Crippen molar-refractivity contribution in [3.05, 3.63) is 18.2 Å². The van der Waals surface area contributed by atoms with Crippen molar-refractivity contribution >= 4 is 5.84 Å². The predicted octanol–water partition coefficient (Wildman–Crippen LogP) is 0.726. The van der Waals surface area contributed by atoms with Gasteiger partial charge in [-0.25, -0.2) is 4.98 Å². The van der Waals surface area contributed by atoms with Crippen LogP contribution in [0.3, 0.4) is 0 Å². The molecule has 4 heteroatoms. The Labute approximate surface area is 72.1 Å². The molecule has 0 saturated heterocycles. The molecule has 12 heavy (non-hydrogen) atoms. The van der Waals surface area contributed by atoms with Crippen molar-refractivity contribution in [2.75, 3.05) is 13.1 Å². The zero-order valence-corrected chi connectivity index (χ0v) is 7.46. The molecule has 0 aromatic carbocycles. The first kappa shape index (κ1) is 8.77. The van der Waals surface area contributed by atoms with Crippen LogP contribution in [0.1, 0.15) is 12.7 Å². The van der Waals surface area contributed by atoms with Gasteiger partial charge in [0.2, 0.25) is 0 Å². The standard InChI is InChI=1S/C4H8N2.C4H6N2/c2*1-4-5-2-3-6-4/h2-3H2,1H3,(H,5,6);2-3H,1H3,(H,5,6). The number of aryl methyl sites for hydroxylation is 1. The summed E-state index contributed by atoms with van der Waals surface area (Å²) in [5, 5.41) is 3.07. The zero-order valence-electron chi connectivity index (χ0n) is 7.46. The third-order valence-electron chi connectivity index (χ3n) is 1.48. The van der Waals surface area contributed by atoms with Crippen LogP contribution in [0.5, 0.6) is 0 Å². The fraction of sp³-hybridized carbons (Fsp3) is 0.500. The molecule has 66 valence electrons. The van der Waals surface area contributed by atoms with Crippen LogP contribution >= 0.6 is 0 Å². The third-order valence-corrected chi connectivity index (χ3v) is 1.48. The zero-order chi connectivity index (χ0) is 8.81. The lowest BCUT2D eigenvalue weighted by molar-refractivity contribution is 0.958. The highest BCUT2D eigenvalue weighted by Gasteiger charge is 1.93. The number of hydrogen-bond acceptors (Lipinski definition) is 3. The third kappa shape index (κ3) is 3.18. The molecule has 0 fully saturated rings. The van der Waals surface area contributed by atoms with Gasteiger partial charge in [0.15, 0.2) is 0 Å². The second kappa shape index (κ2) is 4.54. The normalized spacial score (nSPS) is 14.3. The Morgan fingerprint density at radius 2 is 2.25 bits per heavy atom. The van der Waals surface area contributed by atoms with E-state index in [1.165, 1.54) is 0 Å². The molecule has 1 aromatic heterocycles. The molecule has 0 aliphatic carbocycles. The average Bonchev–Trinajstić information content (AvgIpc) is 2.63. The Bertz CT molecular complexity index is 238. The molecule has 2 heterocycles. The molecule has 0 spiro atoms. The van der Waals surface area contributed by atoms with Gasteiger partial charge in [0.05, 0.1) is 12.4 Å². The number of rotatable bonds is 0. The van der Waals surface area contributed by atoms with E-state index in [0.29, 0.717) is 0 Å². The van der Waals surface area contributed by atoms with Gasteiger partial charge in [0, 0.05) is 18.9 Å². The van der Waals surface area contributed by atoms with Gasteiger partial charge in [-0.05, 0) is 13.8 Å². The first-order valence-electron chi connectivity index (χ1n) is 4.00. The van der Waals surface area contributed by atoms with E-state index < -0.39 is 0 Å². The summed E-state index contributed by atoms with van der Waals surface area (Å²) in [4.78, 5) is 10.8. The van der Waals surface area contributed by atoms with E-state index in [1.807, 2.05) is 13.8 Å². The van der Waals surface area contributed by atoms with Crippen molar-refractivity contribution in [3.8, 4) is 0 Å². The molecule has 0 bridgehead atoms. The lowest BCUT2D eigenvalue weighted by Crippen LogP contribution is -2.13. The molecule has 0 radical (unpaired) electrons. The summed E-state index contributed by atoms with van der Waals surface area (Å²) < 4.78 is 0. The number of nitrogens with zero attached hydrogens (tertiary/aromatic N) is 2. The molecule has 1 aliphatic rings. The quantitative estimate of drug-likeness (QED) is 0.597. The number of hydrogen-bond donors (Lipinski definition) is 2. The molecule has 0 atom stereocenters. The van der Waals surface area contributed by atoms with Crippen molar-refractivity contribution in [1.29, 1.82) is 0 Å². The number of aliphatic imine (C=N–C) groups is 1. The first-order valence-corrected chi connectivity index (χ1v) is 4.00.